The van der Waals surface area contributed by atoms with E-state index in [0.717, 1.165) is 0 Å². The Morgan fingerprint density at radius 1 is 1.19 bits per heavy atom. The summed E-state index contributed by atoms with van der Waals surface area (Å²) in [7, 11) is 0. The highest BCUT2D eigenvalue weighted by Gasteiger charge is 2.27. The summed E-state index contributed by atoms with van der Waals surface area (Å²) >= 11 is 3.77. The number of amides is 3. The van der Waals surface area contributed by atoms with Crippen LogP contribution >= 0.6 is 12.6 Å². The lowest BCUT2D eigenvalue weighted by Gasteiger charge is -2.23. The third kappa shape index (κ3) is 7.54. The first-order valence-electron chi connectivity index (χ1n) is 6.40. The molecule has 0 bridgehead atoms. The fourth-order valence-electron chi connectivity index (χ4n) is 1.60. The molecule has 21 heavy (non-hydrogen) atoms. The zero-order valence-electron chi connectivity index (χ0n) is 12.0. The highest BCUT2D eigenvalue weighted by Crippen LogP contribution is 2.04. The van der Waals surface area contributed by atoms with E-state index in [1.54, 1.807) is 13.8 Å². The summed E-state index contributed by atoms with van der Waals surface area (Å²) in [4.78, 5) is 45.2. The largest absolute Gasteiger partial charge is 0.481 e. The van der Waals surface area contributed by atoms with Crippen LogP contribution in [0.3, 0.4) is 0 Å². The quantitative estimate of drug-likeness (QED) is 0.343. The van der Waals surface area contributed by atoms with Gasteiger partial charge in [0.05, 0.1) is 5.75 Å². The van der Waals surface area contributed by atoms with Crippen molar-refractivity contribution in [2.45, 2.75) is 38.8 Å². The number of carboxylic acid groups (broad SMARTS) is 1. The summed E-state index contributed by atoms with van der Waals surface area (Å²) in [5.74, 6) is -3.32. The molecule has 0 aromatic carbocycles. The van der Waals surface area contributed by atoms with E-state index in [1.165, 1.54) is 0 Å². The van der Waals surface area contributed by atoms with Gasteiger partial charge in [0.1, 0.15) is 12.1 Å². The summed E-state index contributed by atoms with van der Waals surface area (Å²) in [6, 6.07) is -1.95. The van der Waals surface area contributed by atoms with Crippen molar-refractivity contribution in [1.82, 2.24) is 10.6 Å². The zero-order valence-corrected chi connectivity index (χ0v) is 12.9. The number of carbonyl (C=O) groups is 4. The van der Waals surface area contributed by atoms with Crippen LogP contribution in [-0.2, 0) is 19.2 Å². The highest BCUT2D eigenvalue weighted by molar-refractivity contribution is 7.81. The molecule has 8 nitrogen and oxygen atoms in total. The number of hydrogen-bond donors (Lipinski definition) is 5. The van der Waals surface area contributed by atoms with Gasteiger partial charge in [0, 0.05) is 6.42 Å². The smallest absolute Gasteiger partial charge is 0.303 e. The van der Waals surface area contributed by atoms with Crippen LogP contribution in [0, 0.1) is 5.92 Å². The average Bonchev–Trinajstić information content (AvgIpc) is 2.38. The molecule has 9 heteroatoms. The minimum atomic E-state index is -1.09. The SMILES string of the molecule is CC(C)[C@H](NC(=O)[C@H](CCC(=O)O)NC(=O)CS)C(N)=O. The van der Waals surface area contributed by atoms with Crippen LogP contribution in [0.25, 0.3) is 0 Å². The maximum atomic E-state index is 12.1. The molecular formula is C12H21N3O5S. The number of hydrogen-bond acceptors (Lipinski definition) is 5. The molecule has 3 amide bonds. The fraction of sp³-hybridized carbons (Fsp3) is 0.667. The number of rotatable bonds is 9. The first-order valence-corrected chi connectivity index (χ1v) is 7.04. The molecule has 0 unspecified atom stereocenters. The number of carboxylic acids is 1. The second-order valence-electron chi connectivity index (χ2n) is 4.84. The third-order valence-corrected chi connectivity index (χ3v) is 3.00. The van der Waals surface area contributed by atoms with Crippen LogP contribution in [0.1, 0.15) is 26.7 Å². The Bertz CT molecular complexity index is 414. The van der Waals surface area contributed by atoms with Crippen molar-refractivity contribution in [3.63, 3.8) is 0 Å². The molecule has 0 heterocycles. The van der Waals surface area contributed by atoms with Crippen molar-refractivity contribution in [3.8, 4) is 0 Å². The molecular weight excluding hydrogens is 298 g/mol. The Kier molecular flexibility index (Phi) is 8.44. The molecule has 0 aliphatic rings. The topological polar surface area (TPSA) is 139 Å². The lowest BCUT2D eigenvalue weighted by atomic mass is 10.0. The first-order chi connectivity index (χ1) is 9.68. The highest BCUT2D eigenvalue weighted by atomic mass is 32.1. The van der Waals surface area contributed by atoms with Crippen LogP contribution in [0.15, 0.2) is 0 Å². The molecule has 2 atom stereocenters. The zero-order chi connectivity index (χ0) is 16.6. The molecule has 5 N–H and O–H groups in total. The third-order valence-electron chi connectivity index (χ3n) is 2.71. The molecule has 0 aromatic heterocycles. The molecule has 0 radical (unpaired) electrons. The fourth-order valence-corrected chi connectivity index (χ4v) is 1.69. The van der Waals surface area contributed by atoms with Gasteiger partial charge in [-0.1, -0.05) is 13.8 Å². The second-order valence-corrected chi connectivity index (χ2v) is 5.16. The Hall–Kier alpha value is -1.77. The van der Waals surface area contributed by atoms with E-state index in [-0.39, 0.29) is 24.5 Å². The number of thiol groups is 1. The Balaban J connectivity index is 4.86. The van der Waals surface area contributed by atoms with Crippen molar-refractivity contribution in [2.24, 2.45) is 11.7 Å². The lowest BCUT2D eigenvalue weighted by molar-refractivity contribution is -0.138. The van der Waals surface area contributed by atoms with Gasteiger partial charge in [-0.3, -0.25) is 19.2 Å². The molecule has 0 rings (SSSR count). The average molecular weight is 319 g/mol. The summed E-state index contributed by atoms with van der Waals surface area (Å²) in [5.41, 5.74) is 5.19. The predicted molar refractivity (Wildman–Crippen MR) is 78.6 cm³/mol. The maximum Gasteiger partial charge on any atom is 0.303 e. The van der Waals surface area contributed by atoms with Gasteiger partial charge in [0.2, 0.25) is 17.7 Å². The number of nitrogens with one attached hydrogen (secondary N) is 2. The maximum absolute atomic E-state index is 12.1. The van der Waals surface area contributed by atoms with Crippen molar-refractivity contribution in [3.05, 3.63) is 0 Å². The number of nitrogens with two attached hydrogens (primary N) is 1. The van der Waals surface area contributed by atoms with E-state index in [4.69, 9.17) is 10.8 Å². The monoisotopic (exact) mass is 319 g/mol. The number of primary amides is 1. The minimum absolute atomic E-state index is 0.0930. The van der Waals surface area contributed by atoms with Gasteiger partial charge in [0.15, 0.2) is 0 Å². The molecule has 0 saturated carbocycles. The molecule has 0 aliphatic heterocycles. The summed E-state index contributed by atoms with van der Waals surface area (Å²) in [6.45, 7) is 3.41. The van der Waals surface area contributed by atoms with E-state index >= 15 is 0 Å². The molecule has 0 saturated heterocycles. The van der Waals surface area contributed by atoms with Crippen LogP contribution in [0.4, 0.5) is 0 Å². The van der Waals surface area contributed by atoms with Crippen LogP contribution in [-0.4, -0.2) is 46.6 Å². The molecule has 0 fully saturated rings. The first kappa shape index (κ1) is 19.2. The van der Waals surface area contributed by atoms with Crippen molar-refractivity contribution in [1.29, 1.82) is 0 Å². The summed E-state index contributed by atoms with van der Waals surface area (Å²) < 4.78 is 0. The lowest BCUT2D eigenvalue weighted by Crippen LogP contribution is -2.54. The Labute approximate surface area is 128 Å². The van der Waals surface area contributed by atoms with Crippen molar-refractivity contribution in [2.75, 3.05) is 5.75 Å². The van der Waals surface area contributed by atoms with E-state index < -0.39 is 35.8 Å². The Morgan fingerprint density at radius 3 is 2.14 bits per heavy atom. The van der Waals surface area contributed by atoms with E-state index in [1.807, 2.05) is 0 Å². The molecule has 0 aromatic rings. The van der Waals surface area contributed by atoms with Crippen LogP contribution in [0.5, 0.6) is 0 Å². The van der Waals surface area contributed by atoms with Gasteiger partial charge in [-0.15, -0.1) is 0 Å². The number of aliphatic carboxylic acids is 1. The molecule has 0 aliphatic carbocycles. The van der Waals surface area contributed by atoms with E-state index in [2.05, 4.69) is 23.3 Å². The van der Waals surface area contributed by atoms with Gasteiger partial charge in [0.25, 0.3) is 0 Å². The minimum Gasteiger partial charge on any atom is -0.481 e. The van der Waals surface area contributed by atoms with Gasteiger partial charge < -0.3 is 21.5 Å². The molecule has 120 valence electrons. The van der Waals surface area contributed by atoms with Gasteiger partial charge in [-0.05, 0) is 12.3 Å². The predicted octanol–water partition coefficient (Wildman–Crippen LogP) is -1.11. The number of carbonyl (C=O) groups excluding carboxylic acids is 3. The van der Waals surface area contributed by atoms with Gasteiger partial charge in [-0.25, -0.2) is 0 Å². The van der Waals surface area contributed by atoms with Crippen molar-refractivity contribution >= 4 is 36.3 Å². The Morgan fingerprint density at radius 2 is 1.76 bits per heavy atom. The van der Waals surface area contributed by atoms with E-state index in [9.17, 15) is 19.2 Å². The van der Waals surface area contributed by atoms with Gasteiger partial charge >= 0.3 is 5.97 Å². The molecule has 0 spiro atoms. The second kappa shape index (κ2) is 9.22. The van der Waals surface area contributed by atoms with Gasteiger partial charge in [-0.2, -0.15) is 12.6 Å². The summed E-state index contributed by atoms with van der Waals surface area (Å²) in [6.07, 6.45) is -0.391. The normalized spacial score (nSPS) is 13.3. The van der Waals surface area contributed by atoms with Crippen molar-refractivity contribution < 1.29 is 24.3 Å². The van der Waals surface area contributed by atoms with E-state index in [0.29, 0.717) is 0 Å². The van der Waals surface area contributed by atoms with Crippen LogP contribution < -0.4 is 16.4 Å². The standard InChI is InChI=1S/C12H21N3O5S/c1-6(2)10(11(13)19)15-12(20)7(3-4-9(17)18)14-8(16)5-21/h6-7,10,21H,3-5H2,1-2H3,(H2,13,19)(H,14,16)(H,15,20)(H,17,18)/t7-,10-/m0/s1. The summed E-state index contributed by atoms with van der Waals surface area (Å²) in [5, 5.41) is 13.4. The van der Waals surface area contributed by atoms with Crippen LogP contribution in [0.2, 0.25) is 0 Å².